The summed E-state index contributed by atoms with van der Waals surface area (Å²) in [6, 6.07) is 9.55. The standard InChI is InChI=1S/C20H29NO3S2/c1-26-12-11-16(14-25)19(22)21-18-10-6-5-9-17(18)20(23)24-13-15-7-3-2-4-8-15/h2-4,7-8,16-18,25H,5-6,9-14H2,1H3,(H,21,22). The number of rotatable bonds is 9. The third-order valence-electron chi connectivity index (χ3n) is 4.88. The Morgan fingerprint density at radius 1 is 1.27 bits per heavy atom. The third kappa shape index (κ3) is 6.54. The fraction of sp³-hybridized carbons (Fsp3) is 0.600. The van der Waals surface area contributed by atoms with Gasteiger partial charge < -0.3 is 10.1 Å². The Kier molecular flexibility index (Phi) is 9.40. The maximum Gasteiger partial charge on any atom is 0.311 e. The maximum absolute atomic E-state index is 12.6. The first kappa shape index (κ1) is 21.2. The summed E-state index contributed by atoms with van der Waals surface area (Å²) in [5, 5.41) is 3.11. The molecule has 0 heterocycles. The quantitative estimate of drug-likeness (QED) is 0.494. The van der Waals surface area contributed by atoms with Crippen molar-refractivity contribution in [3.8, 4) is 0 Å². The number of esters is 1. The summed E-state index contributed by atoms with van der Waals surface area (Å²) in [4.78, 5) is 25.2. The maximum atomic E-state index is 12.6. The number of carbonyl (C=O) groups is 2. The summed E-state index contributed by atoms with van der Waals surface area (Å²) in [6.07, 6.45) is 6.48. The number of carbonyl (C=O) groups excluding carboxylic acids is 2. The van der Waals surface area contributed by atoms with E-state index >= 15 is 0 Å². The van der Waals surface area contributed by atoms with Gasteiger partial charge in [0, 0.05) is 17.7 Å². The van der Waals surface area contributed by atoms with Gasteiger partial charge >= 0.3 is 5.97 Å². The molecule has 0 aromatic heterocycles. The Bertz CT molecular complexity index is 567. The number of nitrogens with one attached hydrogen (secondary N) is 1. The van der Waals surface area contributed by atoms with Crippen LogP contribution in [-0.2, 0) is 20.9 Å². The highest BCUT2D eigenvalue weighted by Gasteiger charge is 2.34. The van der Waals surface area contributed by atoms with Gasteiger partial charge in [0.25, 0.3) is 0 Å². The lowest BCUT2D eigenvalue weighted by atomic mass is 9.84. The largest absolute Gasteiger partial charge is 0.461 e. The van der Waals surface area contributed by atoms with Crippen LogP contribution in [-0.4, -0.2) is 35.7 Å². The second-order valence-corrected chi connectivity index (χ2v) is 8.11. The lowest BCUT2D eigenvalue weighted by molar-refractivity contribution is -0.152. The van der Waals surface area contributed by atoms with E-state index in [1.807, 2.05) is 36.6 Å². The molecule has 1 aliphatic carbocycles. The Morgan fingerprint density at radius 2 is 2.00 bits per heavy atom. The molecule has 1 aromatic rings. The highest BCUT2D eigenvalue weighted by molar-refractivity contribution is 7.98. The van der Waals surface area contributed by atoms with Crippen LogP contribution in [0.1, 0.15) is 37.7 Å². The average molecular weight is 396 g/mol. The van der Waals surface area contributed by atoms with Crippen LogP contribution in [0, 0.1) is 11.8 Å². The number of thioether (sulfide) groups is 1. The van der Waals surface area contributed by atoms with Crippen LogP contribution in [0.15, 0.2) is 30.3 Å². The second kappa shape index (κ2) is 11.5. The summed E-state index contributed by atoms with van der Waals surface area (Å²) >= 11 is 6.05. The molecule has 1 amide bonds. The highest BCUT2D eigenvalue weighted by Crippen LogP contribution is 2.26. The lowest BCUT2D eigenvalue weighted by Crippen LogP contribution is -2.47. The first-order valence-electron chi connectivity index (χ1n) is 9.26. The molecule has 0 aliphatic heterocycles. The Balaban J connectivity index is 1.91. The number of amides is 1. The van der Waals surface area contributed by atoms with Crippen molar-refractivity contribution in [2.45, 2.75) is 44.8 Å². The van der Waals surface area contributed by atoms with Crippen LogP contribution in [0.4, 0.5) is 0 Å². The minimum absolute atomic E-state index is 0.0156. The molecule has 1 aromatic carbocycles. The van der Waals surface area contributed by atoms with Gasteiger partial charge in [-0.1, -0.05) is 43.2 Å². The minimum Gasteiger partial charge on any atom is -0.461 e. The Hall–Kier alpha value is -1.14. The van der Waals surface area contributed by atoms with E-state index in [1.54, 1.807) is 11.8 Å². The second-order valence-electron chi connectivity index (χ2n) is 6.76. The smallest absolute Gasteiger partial charge is 0.311 e. The van der Waals surface area contributed by atoms with Gasteiger partial charge in [-0.3, -0.25) is 9.59 Å². The molecule has 144 valence electrons. The predicted octanol–water partition coefficient (Wildman–Crippen LogP) is 3.70. The number of benzene rings is 1. The average Bonchev–Trinajstić information content (AvgIpc) is 2.68. The molecule has 0 bridgehead atoms. The van der Waals surface area contributed by atoms with E-state index in [0.29, 0.717) is 5.75 Å². The van der Waals surface area contributed by atoms with E-state index in [9.17, 15) is 9.59 Å². The molecule has 1 N–H and O–H groups in total. The SMILES string of the molecule is CSCCC(CS)C(=O)NC1CCCCC1C(=O)OCc1ccccc1. The van der Waals surface area contributed by atoms with Crippen molar-refractivity contribution < 1.29 is 14.3 Å². The van der Waals surface area contributed by atoms with E-state index in [2.05, 4.69) is 17.9 Å². The zero-order chi connectivity index (χ0) is 18.8. The fourth-order valence-electron chi connectivity index (χ4n) is 3.29. The molecule has 6 heteroatoms. The van der Waals surface area contributed by atoms with Crippen molar-refractivity contribution >= 4 is 36.3 Å². The normalized spacial score (nSPS) is 21.0. The van der Waals surface area contributed by atoms with E-state index in [4.69, 9.17) is 4.74 Å². The molecule has 26 heavy (non-hydrogen) atoms. The molecular weight excluding hydrogens is 366 g/mol. The molecule has 0 saturated heterocycles. The molecule has 1 fully saturated rings. The van der Waals surface area contributed by atoms with E-state index in [1.165, 1.54) is 0 Å². The van der Waals surface area contributed by atoms with E-state index in [-0.39, 0.29) is 36.4 Å². The van der Waals surface area contributed by atoms with Gasteiger partial charge in [0.2, 0.25) is 5.91 Å². The van der Waals surface area contributed by atoms with Crippen molar-refractivity contribution in [1.29, 1.82) is 0 Å². The molecule has 3 unspecified atom stereocenters. The summed E-state index contributed by atoms with van der Waals surface area (Å²) in [5.41, 5.74) is 0.976. The molecular formula is C20H29NO3S2. The summed E-state index contributed by atoms with van der Waals surface area (Å²) < 4.78 is 5.52. The molecule has 0 radical (unpaired) electrons. The third-order valence-corrected chi connectivity index (χ3v) is 5.97. The van der Waals surface area contributed by atoms with Gasteiger partial charge in [-0.05, 0) is 36.8 Å². The van der Waals surface area contributed by atoms with Crippen molar-refractivity contribution in [3.63, 3.8) is 0 Å². The van der Waals surface area contributed by atoms with Crippen molar-refractivity contribution in [2.24, 2.45) is 11.8 Å². The topological polar surface area (TPSA) is 55.4 Å². The van der Waals surface area contributed by atoms with Gasteiger partial charge in [-0.25, -0.2) is 0 Å². The number of hydrogen-bond acceptors (Lipinski definition) is 5. The monoisotopic (exact) mass is 395 g/mol. The fourth-order valence-corrected chi connectivity index (χ4v) is 4.16. The summed E-state index contributed by atoms with van der Waals surface area (Å²) in [5.74, 6) is 0.923. The van der Waals surface area contributed by atoms with Gasteiger partial charge in [0.15, 0.2) is 0 Å². The van der Waals surface area contributed by atoms with Crippen LogP contribution < -0.4 is 5.32 Å². The zero-order valence-electron chi connectivity index (χ0n) is 15.4. The van der Waals surface area contributed by atoms with Crippen molar-refractivity contribution in [1.82, 2.24) is 5.32 Å². The number of ether oxygens (including phenoxy) is 1. The minimum atomic E-state index is -0.252. The van der Waals surface area contributed by atoms with Crippen LogP contribution in [0.25, 0.3) is 0 Å². The predicted molar refractivity (Wildman–Crippen MR) is 110 cm³/mol. The Labute approximate surface area is 166 Å². The molecule has 0 spiro atoms. The molecule has 1 saturated carbocycles. The van der Waals surface area contributed by atoms with E-state index < -0.39 is 0 Å². The van der Waals surface area contributed by atoms with Gasteiger partial charge in [0.1, 0.15) is 6.61 Å². The number of hydrogen-bond donors (Lipinski definition) is 2. The first-order valence-corrected chi connectivity index (χ1v) is 11.3. The summed E-state index contributed by atoms with van der Waals surface area (Å²) in [6.45, 7) is 0.282. The van der Waals surface area contributed by atoms with Crippen LogP contribution in [0.2, 0.25) is 0 Å². The van der Waals surface area contributed by atoms with Crippen molar-refractivity contribution in [2.75, 3.05) is 17.8 Å². The number of thiol groups is 1. The molecule has 2 rings (SSSR count). The van der Waals surface area contributed by atoms with Gasteiger partial charge in [0.05, 0.1) is 5.92 Å². The van der Waals surface area contributed by atoms with Crippen molar-refractivity contribution in [3.05, 3.63) is 35.9 Å². The Morgan fingerprint density at radius 3 is 2.69 bits per heavy atom. The highest BCUT2D eigenvalue weighted by atomic mass is 32.2. The molecule has 1 aliphatic rings. The van der Waals surface area contributed by atoms with Gasteiger partial charge in [-0.2, -0.15) is 24.4 Å². The van der Waals surface area contributed by atoms with Crippen LogP contribution in [0.5, 0.6) is 0 Å². The van der Waals surface area contributed by atoms with Gasteiger partial charge in [-0.15, -0.1) is 0 Å². The van der Waals surface area contributed by atoms with E-state index in [0.717, 1.165) is 43.4 Å². The zero-order valence-corrected chi connectivity index (χ0v) is 17.1. The first-order chi connectivity index (χ1) is 12.7. The van der Waals surface area contributed by atoms with Crippen LogP contribution >= 0.6 is 24.4 Å². The molecule has 3 atom stereocenters. The molecule has 4 nitrogen and oxygen atoms in total. The van der Waals surface area contributed by atoms with Crippen LogP contribution in [0.3, 0.4) is 0 Å². The summed E-state index contributed by atoms with van der Waals surface area (Å²) in [7, 11) is 0. The lowest BCUT2D eigenvalue weighted by Gasteiger charge is -2.31.